The molecule has 37 heavy (non-hydrogen) atoms. The van der Waals surface area contributed by atoms with Crippen molar-refractivity contribution in [3.63, 3.8) is 0 Å². The molecule has 0 spiro atoms. The smallest absolute Gasteiger partial charge is 0.337 e. The van der Waals surface area contributed by atoms with Crippen LogP contribution in [0.5, 0.6) is 11.5 Å². The predicted molar refractivity (Wildman–Crippen MR) is 144 cm³/mol. The van der Waals surface area contributed by atoms with Gasteiger partial charge in [0.25, 0.3) is 0 Å². The van der Waals surface area contributed by atoms with E-state index in [1.807, 2.05) is 0 Å². The number of Topliss-reactive ketones (excluding diaryl/α,β-unsaturated/α-hetero) is 2. The Balaban J connectivity index is 0.000000217. The van der Waals surface area contributed by atoms with Gasteiger partial charge in [0, 0.05) is 12.8 Å². The molecule has 2 aromatic rings. The van der Waals surface area contributed by atoms with Gasteiger partial charge < -0.3 is 19.3 Å². The lowest BCUT2D eigenvalue weighted by molar-refractivity contribution is -0.123. The van der Waals surface area contributed by atoms with E-state index in [4.69, 9.17) is 21.4 Å². The number of halogens is 3. The Morgan fingerprint density at radius 1 is 0.865 bits per heavy atom. The third-order valence-corrected chi connectivity index (χ3v) is 7.19. The minimum Gasteiger partial charge on any atom is -0.507 e. The number of hydrogen-bond acceptors (Lipinski definition) is 8. The molecule has 2 fully saturated rings. The van der Waals surface area contributed by atoms with Crippen molar-refractivity contribution in [1.29, 1.82) is 0 Å². The van der Waals surface area contributed by atoms with Crippen molar-refractivity contribution >= 4 is 67.0 Å². The van der Waals surface area contributed by atoms with Crippen LogP contribution >= 0.6 is 43.5 Å². The van der Waals surface area contributed by atoms with E-state index in [1.165, 1.54) is 32.4 Å². The normalized spacial score (nSPS) is 18.2. The molecule has 1 N–H and O–H groups in total. The first-order valence-corrected chi connectivity index (χ1v) is 13.4. The summed E-state index contributed by atoms with van der Waals surface area (Å²) in [6, 6.07) is 9.33. The maximum atomic E-state index is 11.5. The standard InChI is InChI=1S/C13H13BrO4.C8H7BrO3.C5H7ClO/c1-17-13(16)8-5-6-11(9(14)7-8)18-12-4-2-3-10(12)15;1-12-8(11)5-2-3-7(10)6(9)4-5;6-4-2-1-3-5(4)7/h5-7,12H,2-4H2,1H3;2-4,10H,1H3;4H,1-3H2. The van der Waals surface area contributed by atoms with Crippen LogP contribution in [0, 0.1) is 0 Å². The van der Waals surface area contributed by atoms with Crippen molar-refractivity contribution in [3.8, 4) is 11.5 Å². The van der Waals surface area contributed by atoms with Crippen molar-refractivity contribution in [1.82, 2.24) is 0 Å². The zero-order valence-electron chi connectivity index (χ0n) is 20.3. The van der Waals surface area contributed by atoms with E-state index < -0.39 is 11.9 Å². The third kappa shape index (κ3) is 9.43. The van der Waals surface area contributed by atoms with E-state index in [2.05, 4.69) is 41.3 Å². The summed E-state index contributed by atoms with van der Waals surface area (Å²) in [6.07, 6.45) is 4.44. The molecule has 2 aliphatic carbocycles. The molecule has 2 atom stereocenters. The second-order valence-corrected chi connectivity index (χ2v) is 10.3. The molecule has 0 aliphatic heterocycles. The van der Waals surface area contributed by atoms with E-state index in [-0.39, 0.29) is 28.8 Å². The number of phenols is 1. The molecule has 0 heterocycles. The molecular formula is C26H27Br2ClO8. The summed E-state index contributed by atoms with van der Waals surface area (Å²) in [5.74, 6) is 0.209. The summed E-state index contributed by atoms with van der Waals surface area (Å²) >= 11 is 11.9. The number of carbonyl (C=O) groups is 4. The van der Waals surface area contributed by atoms with Gasteiger partial charge in [0.05, 0.1) is 39.7 Å². The monoisotopic (exact) mass is 660 g/mol. The molecule has 0 radical (unpaired) electrons. The fourth-order valence-electron chi connectivity index (χ4n) is 3.43. The maximum absolute atomic E-state index is 11.5. The quantitative estimate of drug-likeness (QED) is 0.312. The van der Waals surface area contributed by atoms with Crippen molar-refractivity contribution in [2.24, 2.45) is 0 Å². The number of ether oxygens (including phenoxy) is 3. The molecule has 0 amide bonds. The van der Waals surface area contributed by atoms with Gasteiger partial charge in [0.1, 0.15) is 11.5 Å². The lowest BCUT2D eigenvalue weighted by atomic mass is 10.2. The first-order chi connectivity index (χ1) is 17.6. The summed E-state index contributed by atoms with van der Waals surface area (Å²) in [4.78, 5) is 44.2. The van der Waals surface area contributed by atoms with Crippen LogP contribution in [0.3, 0.4) is 0 Å². The Hall–Kier alpha value is -2.43. The van der Waals surface area contributed by atoms with Crippen molar-refractivity contribution in [2.45, 2.75) is 50.0 Å². The third-order valence-electron chi connectivity index (χ3n) is 5.47. The van der Waals surface area contributed by atoms with Gasteiger partial charge >= 0.3 is 11.9 Å². The van der Waals surface area contributed by atoms with Gasteiger partial charge in [-0.05, 0) is 93.9 Å². The number of rotatable bonds is 4. The largest absolute Gasteiger partial charge is 0.507 e. The lowest BCUT2D eigenvalue weighted by Gasteiger charge is -2.13. The molecule has 2 unspecified atom stereocenters. The zero-order valence-corrected chi connectivity index (χ0v) is 24.2. The highest BCUT2D eigenvalue weighted by Gasteiger charge is 2.26. The Morgan fingerprint density at radius 2 is 1.41 bits per heavy atom. The molecular weight excluding hydrogens is 636 g/mol. The summed E-state index contributed by atoms with van der Waals surface area (Å²) in [6.45, 7) is 0. The van der Waals surface area contributed by atoms with Gasteiger partial charge in [-0.3, -0.25) is 9.59 Å². The Morgan fingerprint density at radius 3 is 1.81 bits per heavy atom. The average Bonchev–Trinajstić information content (AvgIpc) is 3.48. The molecule has 11 heteroatoms. The van der Waals surface area contributed by atoms with E-state index in [1.54, 1.807) is 18.2 Å². The van der Waals surface area contributed by atoms with Crippen molar-refractivity contribution in [3.05, 3.63) is 56.5 Å². The van der Waals surface area contributed by atoms with Gasteiger partial charge in [-0.2, -0.15) is 0 Å². The van der Waals surface area contributed by atoms with Gasteiger partial charge in [-0.15, -0.1) is 11.6 Å². The molecule has 0 bridgehead atoms. The SMILES string of the molecule is COC(=O)c1ccc(O)c(Br)c1.COC(=O)c1ccc(OC2CCCC2=O)c(Br)c1.O=C1CCCC1Cl. The number of alkyl halides is 1. The van der Waals surface area contributed by atoms with Crippen LogP contribution in [0.1, 0.15) is 59.2 Å². The highest BCUT2D eigenvalue weighted by molar-refractivity contribution is 9.10. The lowest BCUT2D eigenvalue weighted by Crippen LogP contribution is -2.21. The molecule has 2 aliphatic rings. The highest BCUT2D eigenvalue weighted by atomic mass is 79.9. The first kappa shape index (κ1) is 30.8. The van der Waals surface area contributed by atoms with Crippen LogP contribution in [0.4, 0.5) is 0 Å². The second-order valence-electron chi connectivity index (χ2n) is 8.09. The summed E-state index contributed by atoms with van der Waals surface area (Å²) in [5, 5.41) is 8.95. The zero-order chi connectivity index (χ0) is 27.5. The van der Waals surface area contributed by atoms with E-state index in [0.29, 0.717) is 38.7 Å². The van der Waals surface area contributed by atoms with E-state index in [9.17, 15) is 19.2 Å². The van der Waals surface area contributed by atoms with Crippen LogP contribution in [0.2, 0.25) is 0 Å². The fraction of sp³-hybridized carbons (Fsp3) is 0.385. The van der Waals surface area contributed by atoms with Gasteiger partial charge in [0.15, 0.2) is 17.7 Å². The Bertz CT molecular complexity index is 1140. The number of ketones is 2. The minimum atomic E-state index is -0.421. The molecule has 0 saturated heterocycles. The summed E-state index contributed by atoms with van der Waals surface area (Å²) in [7, 11) is 2.64. The Kier molecular flexibility index (Phi) is 12.6. The van der Waals surface area contributed by atoms with Crippen LogP contribution in [-0.2, 0) is 19.1 Å². The molecule has 0 aromatic heterocycles. The number of phenolic OH excluding ortho intramolecular Hbond substituents is 1. The van der Waals surface area contributed by atoms with Crippen LogP contribution in [-0.4, -0.2) is 54.3 Å². The number of hydrogen-bond donors (Lipinski definition) is 1. The maximum Gasteiger partial charge on any atom is 0.337 e. The molecule has 2 aromatic carbocycles. The van der Waals surface area contributed by atoms with Gasteiger partial charge in [-0.1, -0.05) is 0 Å². The summed E-state index contributed by atoms with van der Waals surface area (Å²) in [5.41, 5.74) is 0.844. The first-order valence-electron chi connectivity index (χ1n) is 11.4. The van der Waals surface area contributed by atoms with Crippen molar-refractivity contribution in [2.75, 3.05) is 14.2 Å². The number of carbonyl (C=O) groups excluding carboxylic acids is 4. The number of methoxy groups -OCH3 is 2. The van der Waals surface area contributed by atoms with E-state index in [0.717, 1.165) is 25.7 Å². The fourth-order valence-corrected chi connectivity index (χ4v) is 4.54. The number of esters is 2. The topological polar surface area (TPSA) is 116 Å². The highest BCUT2D eigenvalue weighted by Crippen LogP contribution is 2.30. The van der Waals surface area contributed by atoms with Gasteiger partial charge in [-0.25, -0.2) is 9.59 Å². The summed E-state index contributed by atoms with van der Waals surface area (Å²) < 4.78 is 15.9. The Labute approximate surface area is 236 Å². The predicted octanol–water partition coefficient (Wildman–Crippen LogP) is 6.02. The minimum absolute atomic E-state index is 0.0997. The molecule has 8 nitrogen and oxygen atoms in total. The van der Waals surface area contributed by atoms with Crippen molar-refractivity contribution < 1.29 is 38.5 Å². The molecule has 2 saturated carbocycles. The average molecular weight is 663 g/mol. The van der Waals surface area contributed by atoms with Crippen LogP contribution < -0.4 is 4.74 Å². The molecule has 200 valence electrons. The van der Waals surface area contributed by atoms with Gasteiger partial charge in [0.2, 0.25) is 0 Å². The van der Waals surface area contributed by atoms with E-state index >= 15 is 0 Å². The van der Waals surface area contributed by atoms with Crippen LogP contribution in [0.15, 0.2) is 45.3 Å². The number of aromatic hydroxyl groups is 1. The second kappa shape index (κ2) is 15.1. The molecule has 4 rings (SSSR count). The van der Waals surface area contributed by atoms with Crippen LogP contribution in [0.25, 0.3) is 0 Å². The number of benzene rings is 2.